The van der Waals surface area contributed by atoms with Crippen LogP contribution >= 0.6 is 0 Å². The highest BCUT2D eigenvalue weighted by molar-refractivity contribution is 5.22. The van der Waals surface area contributed by atoms with E-state index in [-0.39, 0.29) is 43.9 Å². The number of nitrogens with zero attached hydrogens (tertiary/aromatic N) is 3. The zero-order valence-electron chi connectivity index (χ0n) is 42.1. The highest BCUT2D eigenvalue weighted by atomic mass is 16.8. The third-order valence-corrected chi connectivity index (χ3v) is 16.4. The molecule has 10 rings (SSSR count). The molecule has 5 aromatic carbocycles. The van der Waals surface area contributed by atoms with Crippen LogP contribution in [0, 0.1) is 16.7 Å². The van der Waals surface area contributed by atoms with Crippen LogP contribution < -0.4 is 0 Å². The molecule has 2 heterocycles. The molecule has 2 aliphatic heterocycles. The van der Waals surface area contributed by atoms with E-state index in [0.29, 0.717) is 25.6 Å². The Morgan fingerprint density at radius 2 is 1.04 bits per heavy atom. The predicted octanol–water partition coefficient (Wildman–Crippen LogP) is 11.2. The molecule has 1 spiro atoms. The summed E-state index contributed by atoms with van der Waals surface area (Å²) in [4.78, 5) is 3.41. The quantitative estimate of drug-likeness (QED) is 0.0285. The first-order chi connectivity index (χ1) is 35.7. The molecule has 384 valence electrons. The maximum absolute atomic E-state index is 10.4. The van der Waals surface area contributed by atoms with Crippen LogP contribution in [0.25, 0.3) is 10.4 Å². The number of azide groups is 1. The van der Waals surface area contributed by atoms with Crippen LogP contribution in [0.2, 0.25) is 0 Å². The summed E-state index contributed by atoms with van der Waals surface area (Å²) < 4.78 is 71.2. The van der Waals surface area contributed by atoms with Crippen molar-refractivity contribution in [2.45, 2.75) is 146 Å². The number of benzene rings is 5. The second kappa shape index (κ2) is 23.1. The highest BCUT2D eigenvalue weighted by Gasteiger charge is 2.76. The molecule has 73 heavy (non-hydrogen) atoms. The lowest BCUT2D eigenvalue weighted by Gasteiger charge is -2.50. The van der Waals surface area contributed by atoms with E-state index in [0.717, 1.165) is 40.7 Å². The van der Waals surface area contributed by atoms with E-state index in [1.54, 1.807) is 6.08 Å². The molecule has 0 N–H and O–H groups in total. The molecule has 13 heteroatoms. The Morgan fingerprint density at radius 1 is 0.589 bits per heavy atom. The van der Waals surface area contributed by atoms with Gasteiger partial charge in [0, 0.05) is 16.7 Å². The summed E-state index contributed by atoms with van der Waals surface area (Å²) in [5.41, 5.74) is 14.9. The monoisotopic (exact) mass is 991 g/mol. The summed E-state index contributed by atoms with van der Waals surface area (Å²) in [6.45, 7) is 12.5. The average molecular weight is 992 g/mol. The maximum atomic E-state index is 10.4. The van der Waals surface area contributed by atoms with Gasteiger partial charge in [0.2, 0.25) is 0 Å². The zero-order valence-corrected chi connectivity index (χ0v) is 42.1. The first kappa shape index (κ1) is 51.2. The van der Waals surface area contributed by atoms with E-state index in [2.05, 4.69) is 49.5 Å². The number of hydrogen-bond acceptors (Lipinski definition) is 11. The summed E-state index contributed by atoms with van der Waals surface area (Å²) in [5, 5.41) is 4.44. The van der Waals surface area contributed by atoms with E-state index >= 15 is 0 Å². The minimum atomic E-state index is -1.22. The van der Waals surface area contributed by atoms with E-state index < -0.39 is 73.1 Å². The fourth-order valence-corrected chi connectivity index (χ4v) is 12.1. The molecule has 5 fully saturated rings. The van der Waals surface area contributed by atoms with Crippen molar-refractivity contribution in [3.63, 3.8) is 0 Å². The van der Waals surface area contributed by atoms with Crippen molar-refractivity contribution < 1.29 is 47.4 Å². The molecule has 3 aliphatic carbocycles. The van der Waals surface area contributed by atoms with Crippen molar-refractivity contribution in [3.05, 3.63) is 203 Å². The van der Waals surface area contributed by atoms with Gasteiger partial charge >= 0.3 is 0 Å². The maximum Gasteiger partial charge on any atom is 0.175 e. The minimum absolute atomic E-state index is 0.0838. The molecule has 0 unspecified atom stereocenters. The molecule has 0 aromatic heterocycles. The summed E-state index contributed by atoms with van der Waals surface area (Å²) in [7, 11) is 0. The van der Waals surface area contributed by atoms with Gasteiger partial charge in [-0.1, -0.05) is 184 Å². The van der Waals surface area contributed by atoms with Gasteiger partial charge in [-0.05, 0) is 57.5 Å². The van der Waals surface area contributed by atoms with Gasteiger partial charge in [-0.3, -0.25) is 0 Å². The van der Waals surface area contributed by atoms with E-state index in [4.69, 9.17) is 47.4 Å². The fraction of sp³-hybridized carbons (Fsp3) is 0.467. The summed E-state index contributed by atoms with van der Waals surface area (Å²) in [6, 6.07) is 49.0. The summed E-state index contributed by atoms with van der Waals surface area (Å²) in [6.07, 6.45) is -3.85. The second-order valence-electron chi connectivity index (χ2n) is 20.9. The van der Waals surface area contributed by atoms with Crippen molar-refractivity contribution in [1.29, 1.82) is 0 Å². The Labute approximate surface area is 429 Å². The Hall–Kier alpha value is -5.25. The van der Waals surface area contributed by atoms with Crippen LogP contribution in [-0.4, -0.2) is 86.3 Å². The minimum Gasteiger partial charge on any atom is -0.374 e. The van der Waals surface area contributed by atoms with Crippen LogP contribution in [0.4, 0.5) is 0 Å². The van der Waals surface area contributed by atoms with Gasteiger partial charge in [-0.25, -0.2) is 0 Å². The van der Waals surface area contributed by atoms with Crippen molar-refractivity contribution in [1.82, 2.24) is 0 Å². The van der Waals surface area contributed by atoms with Gasteiger partial charge in [0.25, 0.3) is 0 Å². The van der Waals surface area contributed by atoms with E-state index in [1.807, 2.05) is 140 Å². The van der Waals surface area contributed by atoms with Gasteiger partial charge in [0.15, 0.2) is 12.1 Å². The third kappa shape index (κ3) is 10.8. The first-order valence-electron chi connectivity index (χ1n) is 25.9. The third-order valence-electron chi connectivity index (χ3n) is 16.4. The molecular weight excluding hydrogens is 923 g/mol. The van der Waals surface area contributed by atoms with Gasteiger partial charge in [0.1, 0.15) is 61.0 Å². The molecule has 0 radical (unpaired) electrons. The predicted molar refractivity (Wildman–Crippen MR) is 274 cm³/mol. The number of hydrogen-bond donors (Lipinski definition) is 0. The zero-order chi connectivity index (χ0) is 50.3. The molecule has 3 saturated carbocycles. The van der Waals surface area contributed by atoms with Gasteiger partial charge < -0.3 is 47.4 Å². The Kier molecular flexibility index (Phi) is 16.2. The lowest BCUT2D eigenvalue weighted by molar-refractivity contribution is -0.328. The van der Waals surface area contributed by atoms with E-state index in [9.17, 15) is 5.53 Å². The molecule has 5 aromatic rings. The fourth-order valence-electron chi connectivity index (χ4n) is 12.1. The van der Waals surface area contributed by atoms with Crippen LogP contribution in [0.15, 0.2) is 169 Å². The highest BCUT2D eigenvalue weighted by Crippen LogP contribution is 2.73. The van der Waals surface area contributed by atoms with Crippen LogP contribution in [0.1, 0.15) is 67.9 Å². The van der Waals surface area contributed by atoms with Gasteiger partial charge in [-0.15, -0.1) is 6.58 Å². The molecule has 14 atom stereocenters. The van der Waals surface area contributed by atoms with Gasteiger partial charge in [-0.2, -0.15) is 0 Å². The number of rotatable bonds is 22. The molecule has 5 aliphatic rings. The molecule has 2 saturated heterocycles. The summed E-state index contributed by atoms with van der Waals surface area (Å²) >= 11 is 0. The Balaban J connectivity index is 1.07. The van der Waals surface area contributed by atoms with Crippen molar-refractivity contribution in [2.75, 3.05) is 13.2 Å². The lowest BCUT2D eigenvalue weighted by Crippen LogP contribution is -2.68. The SMILES string of the molecule is C=CCO[C@H]1[C@H](OCc2ccccc2)[C@@H](N=[N+]=[N-])[C@@H](O[C@@H]2[C@@H](OCc3ccccc3)[C@H](OCc3ccccc3)[C@@H](OCc3ccccc3)[C@H]3O[C@]4(C[C@@H]5CC[C@@]4(C)C5(C)C)O[C@@H]23)O[C@@H]1COCc1ccccc1. The molecular formula is C60H69N3O10. The summed E-state index contributed by atoms with van der Waals surface area (Å²) in [5.74, 6) is -0.599. The van der Waals surface area contributed by atoms with Crippen molar-refractivity contribution >= 4 is 0 Å². The average Bonchev–Trinajstić information content (AvgIpc) is 3.99. The smallest absolute Gasteiger partial charge is 0.175 e. The molecule has 13 nitrogen and oxygen atoms in total. The normalized spacial score (nSPS) is 33.0. The van der Waals surface area contributed by atoms with E-state index in [1.165, 1.54) is 0 Å². The first-order valence-corrected chi connectivity index (χ1v) is 25.9. The van der Waals surface area contributed by atoms with Crippen LogP contribution in [-0.2, 0) is 80.4 Å². The van der Waals surface area contributed by atoms with Crippen LogP contribution in [0.3, 0.4) is 0 Å². The largest absolute Gasteiger partial charge is 0.374 e. The molecule has 0 amide bonds. The molecule has 2 bridgehead atoms. The number of fused-ring (bicyclic) bond motifs is 4. The van der Waals surface area contributed by atoms with Crippen LogP contribution in [0.5, 0.6) is 0 Å². The van der Waals surface area contributed by atoms with Gasteiger partial charge in [0.05, 0.1) is 46.2 Å². The lowest BCUT2D eigenvalue weighted by atomic mass is 9.68. The topological polar surface area (TPSA) is 141 Å². The van der Waals surface area contributed by atoms with Crippen molar-refractivity contribution in [2.24, 2.45) is 21.9 Å². The standard InChI is InChI=1S/C60H69N3O10/c1-5-33-65-49-47(40-64-35-41-21-11-6-12-22-41)70-57(48(62-63-61)50(49)66-36-42-23-13-7-14-24-42)71-54-52(68-38-44-27-17-9-18-28-44)51(67-37-43-25-15-8-16-26-43)53(69-39-45-29-19-10-20-30-45)55-56(54)73-60(72-55)34-46-31-32-59(60,4)58(46,2)3/h5-30,46-57H,1,31-40H2,2-4H3/t46-,47+,48+,49+,50+,51-,52-,53+,54+,55+,56-,57+,59-,60+/m0/s1. The Bertz CT molecular complexity index is 2580. The van der Waals surface area contributed by atoms with Crippen molar-refractivity contribution in [3.8, 4) is 0 Å². The number of ether oxygens (including phenoxy) is 10. The second-order valence-corrected chi connectivity index (χ2v) is 20.9. The Morgan fingerprint density at radius 3 is 1.49 bits per heavy atom.